The van der Waals surface area contributed by atoms with Crippen molar-refractivity contribution in [3.8, 4) is 0 Å². The fourth-order valence-corrected chi connectivity index (χ4v) is 2.97. The number of nitrogens with zero attached hydrogens (tertiary/aromatic N) is 4. The highest BCUT2D eigenvalue weighted by Gasteiger charge is 2.20. The van der Waals surface area contributed by atoms with Gasteiger partial charge in [0, 0.05) is 55.3 Å². The van der Waals surface area contributed by atoms with Crippen molar-refractivity contribution in [3.05, 3.63) is 47.2 Å². The molecule has 132 valence electrons. The van der Waals surface area contributed by atoms with Gasteiger partial charge in [-0.3, -0.25) is 4.79 Å². The fraction of sp³-hybridized carbons (Fsp3) is 0.389. The summed E-state index contributed by atoms with van der Waals surface area (Å²) < 4.78 is 0. The fourth-order valence-electron chi connectivity index (χ4n) is 2.78. The SMILES string of the molecule is CC(C)NC(=O)c1cnc(N2CCN(c3cccc(Cl)c3)CC2)nc1. The van der Waals surface area contributed by atoms with Crippen molar-refractivity contribution >= 4 is 29.1 Å². The second kappa shape index (κ2) is 7.70. The Labute approximate surface area is 152 Å². The van der Waals surface area contributed by atoms with E-state index in [1.165, 1.54) is 0 Å². The van der Waals surface area contributed by atoms with Gasteiger partial charge in [0.2, 0.25) is 5.95 Å². The number of carbonyl (C=O) groups excluding carboxylic acids is 1. The largest absolute Gasteiger partial charge is 0.368 e. The number of benzene rings is 1. The predicted molar refractivity (Wildman–Crippen MR) is 101 cm³/mol. The summed E-state index contributed by atoms with van der Waals surface area (Å²) in [5.41, 5.74) is 1.61. The van der Waals surface area contributed by atoms with E-state index >= 15 is 0 Å². The Balaban J connectivity index is 1.60. The van der Waals surface area contributed by atoms with Crippen LogP contribution in [0.25, 0.3) is 0 Å². The Morgan fingerprint density at radius 3 is 2.36 bits per heavy atom. The predicted octanol–water partition coefficient (Wildman–Crippen LogP) is 2.59. The van der Waals surface area contributed by atoms with E-state index < -0.39 is 0 Å². The molecule has 1 aromatic carbocycles. The van der Waals surface area contributed by atoms with E-state index in [4.69, 9.17) is 11.6 Å². The molecule has 0 radical (unpaired) electrons. The maximum absolute atomic E-state index is 11.9. The Morgan fingerprint density at radius 1 is 1.12 bits per heavy atom. The van der Waals surface area contributed by atoms with E-state index in [1.54, 1.807) is 12.4 Å². The number of halogens is 1. The van der Waals surface area contributed by atoms with Gasteiger partial charge in [0.1, 0.15) is 0 Å². The number of nitrogens with one attached hydrogen (secondary N) is 1. The first-order valence-corrected chi connectivity index (χ1v) is 8.79. The molecule has 0 aliphatic carbocycles. The summed E-state index contributed by atoms with van der Waals surface area (Å²) in [6, 6.07) is 7.99. The van der Waals surface area contributed by atoms with Crippen LogP contribution in [0.3, 0.4) is 0 Å². The van der Waals surface area contributed by atoms with Gasteiger partial charge >= 0.3 is 0 Å². The van der Waals surface area contributed by atoms with Crippen molar-refractivity contribution in [2.24, 2.45) is 0 Å². The molecule has 1 N–H and O–H groups in total. The lowest BCUT2D eigenvalue weighted by atomic mass is 10.2. The van der Waals surface area contributed by atoms with E-state index in [2.05, 4.69) is 31.2 Å². The Hall–Kier alpha value is -2.34. The summed E-state index contributed by atoms with van der Waals surface area (Å²) >= 11 is 6.07. The first-order chi connectivity index (χ1) is 12.0. The zero-order valence-electron chi connectivity index (χ0n) is 14.4. The molecule has 7 heteroatoms. The summed E-state index contributed by atoms with van der Waals surface area (Å²) in [5.74, 6) is 0.513. The van der Waals surface area contributed by atoms with Crippen LogP contribution < -0.4 is 15.1 Å². The van der Waals surface area contributed by atoms with Gasteiger partial charge in [-0.2, -0.15) is 0 Å². The zero-order valence-corrected chi connectivity index (χ0v) is 15.2. The molecule has 0 spiro atoms. The summed E-state index contributed by atoms with van der Waals surface area (Å²) in [4.78, 5) is 25.1. The van der Waals surface area contributed by atoms with Gasteiger partial charge in [-0.05, 0) is 32.0 Å². The lowest BCUT2D eigenvalue weighted by Gasteiger charge is -2.36. The zero-order chi connectivity index (χ0) is 17.8. The molecule has 1 aromatic heterocycles. The number of anilines is 2. The summed E-state index contributed by atoms with van der Waals surface area (Å²) in [5, 5.41) is 3.59. The highest BCUT2D eigenvalue weighted by atomic mass is 35.5. The molecule has 1 fully saturated rings. The first kappa shape index (κ1) is 17.5. The van der Waals surface area contributed by atoms with E-state index in [0.717, 1.165) is 36.9 Å². The number of amides is 1. The van der Waals surface area contributed by atoms with Crippen LogP contribution in [-0.2, 0) is 0 Å². The smallest absolute Gasteiger partial charge is 0.254 e. The third-order valence-electron chi connectivity index (χ3n) is 4.06. The third kappa shape index (κ3) is 4.39. The first-order valence-electron chi connectivity index (χ1n) is 8.41. The molecule has 1 amide bonds. The van der Waals surface area contributed by atoms with Crippen molar-refractivity contribution in [3.63, 3.8) is 0 Å². The lowest BCUT2D eigenvalue weighted by Crippen LogP contribution is -2.47. The van der Waals surface area contributed by atoms with Crippen molar-refractivity contribution in [2.75, 3.05) is 36.0 Å². The quantitative estimate of drug-likeness (QED) is 0.909. The van der Waals surface area contributed by atoms with E-state index in [9.17, 15) is 4.79 Å². The molecule has 0 unspecified atom stereocenters. The second-order valence-electron chi connectivity index (χ2n) is 6.35. The van der Waals surface area contributed by atoms with Crippen molar-refractivity contribution in [1.29, 1.82) is 0 Å². The van der Waals surface area contributed by atoms with Crippen molar-refractivity contribution < 1.29 is 4.79 Å². The second-order valence-corrected chi connectivity index (χ2v) is 6.79. The van der Waals surface area contributed by atoms with E-state index in [0.29, 0.717) is 11.5 Å². The highest BCUT2D eigenvalue weighted by molar-refractivity contribution is 6.30. The van der Waals surface area contributed by atoms with Crippen molar-refractivity contribution in [2.45, 2.75) is 19.9 Å². The molecule has 0 saturated carbocycles. The average molecular weight is 360 g/mol. The summed E-state index contributed by atoms with van der Waals surface area (Å²) in [7, 11) is 0. The number of aromatic nitrogens is 2. The standard InChI is InChI=1S/C18H22ClN5O/c1-13(2)22-17(25)14-11-20-18(21-12-14)24-8-6-23(7-9-24)16-5-3-4-15(19)10-16/h3-5,10-13H,6-9H2,1-2H3,(H,22,25). The van der Waals surface area contributed by atoms with Gasteiger partial charge in [0.05, 0.1) is 5.56 Å². The van der Waals surface area contributed by atoms with Crippen LogP contribution >= 0.6 is 11.6 Å². The number of rotatable bonds is 4. The van der Waals surface area contributed by atoms with Gasteiger partial charge in [-0.15, -0.1) is 0 Å². The average Bonchev–Trinajstić information content (AvgIpc) is 2.61. The van der Waals surface area contributed by atoms with E-state index in [1.807, 2.05) is 32.0 Å². The highest BCUT2D eigenvalue weighted by Crippen LogP contribution is 2.21. The molecule has 0 atom stereocenters. The number of piperazine rings is 1. The maximum atomic E-state index is 11.9. The summed E-state index contributed by atoms with van der Waals surface area (Å²) in [6.07, 6.45) is 3.17. The minimum Gasteiger partial charge on any atom is -0.368 e. The molecular formula is C18H22ClN5O. The minimum atomic E-state index is -0.146. The van der Waals surface area contributed by atoms with Crippen LogP contribution in [0.2, 0.25) is 5.02 Å². The van der Waals surface area contributed by atoms with Gasteiger partial charge in [-0.25, -0.2) is 9.97 Å². The Bertz CT molecular complexity index is 727. The van der Waals surface area contributed by atoms with Gasteiger partial charge in [-0.1, -0.05) is 17.7 Å². The number of carbonyl (C=O) groups is 1. The van der Waals surface area contributed by atoms with Gasteiger partial charge in [0.25, 0.3) is 5.91 Å². The third-order valence-corrected chi connectivity index (χ3v) is 4.29. The summed E-state index contributed by atoms with van der Waals surface area (Å²) in [6.45, 7) is 7.24. The molecule has 1 saturated heterocycles. The molecule has 2 aromatic rings. The monoisotopic (exact) mass is 359 g/mol. The normalized spacial score (nSPS) is 14.7. The van der Waals surface area contributed by atoms with Crippen LogP contribution in [0.5, 0.6) is 0 Å². The van der Waals surface area contributed by atoms with Crippen LogP contribution in [0.4, 0.5) is 11.6 Å². The van der Waals surface area contributed by atoms with Crippen molar-refractivity contribution in [1.82, 2.24) is 15.3 Å². The molecule has 25 heavy (non-hydrogen) atoms. The molecule has 0 bridgehead atoms. The molecule has 6 nitrogen and oxygen atoms in total. The number of hydrogen-bond acceptors (Lipinski definition) is 5. The molecule has 1 aliphatic heterocycles. The molecule has 1 aliphatic rings. The molecule has 2 heterocycles. The molecule has 3 rings (SSSR count). The van der Waals surface area contributed by atoms with Crippen LogP contribution in [0.15, 0.2) is 36.7 Å². The lowest BCUT2D eigenvalue weighted by molar-refractivity contribution is 0.0942. The minimum absolute atomic E-state index is 0.0896. The van der Waals surface area contributed by atoms with Crippen LogP contribution in [0.1, 0.15) is 24.2 Å². The van der Waals surface area contributed by atoms with Gasteiger partial charge < -0.3 is 15.1 Å². The Morgan fingerprint density at radius 2 is 1.76 bits per heavy atom. The topological polar surface area (TPSA) is 61.4 Å². The van der Waals surface area contributed by atoms with E-state index in [-0.39, 0.29) is 11.9 Å². The Kier molecular flexibility index (Phi) is 5.38. The number of hydrogen-bond donors (Lipinski definition) is 1. The maximum Gasteiger partial charge on any atom is 0.254 e. The van der Waals surface area contributed by atoms with Gasteiger partial charge in [0.15, 0.2) is 0 Å². The van der Waals surface area contributed by atoms with Crippen LogP contribution in [0, 0.1) is 0 Å². The molecular weight excluding hydrogens is 338 g/mol. The van der Waals surface area contributed by atoms with Crippen LogP contribution in [-0.4, -0.2) is 48.1 Å².